The van der Waals surface area contributed by atoms with E-state index in [1.165, 1.54) is 0 Å². The molecule has 27 heavy (non-hydrogen) atoms. The monoisotopic (exact) mass is 418 g/mol. The number of carbonyl (C=O) groups excluding carboxylic acids is 2. The summed E-state index contributed by atoms with van der Waals surface area (Å²) >= 11 is 0. The van der Waals surface area contributed by atoms with Crippen molar-refractivity contribution in [3.63, 3.8) is 0 Å². The molecule has 0 aromatic heterocycles. The van der Waals surface area contributed by atoms with E-state index in [1.54, 1.807) is 0 Å². The molecule has 1 fully saturated rings. The molecule has 0 unspecified atom stereocenters. The van der Waals surface area contributed by atoms with Crippen molar-refractivity contribution < 1.29 is 9.59 Å². The van der Waals surface area contributed by atoms with Crippen LogP contribution in [0.1, 0.15) is 32.1 Å². The van der Waals surface area contributed by atoms with Crippen LogP contribution < -0.4 is 16.0 Å². The third-order valence-corrected chi connectivity index (χ3v) is 4.48. The molecule has 2 amide bonds. The van der Waals surface area contributed by atoms with E-state index in [9.17, 15) is 9.59 Å². The van der Waals surface area contributed by atoms with E-state index in [0.717, 1.165) is 50.3 Å². The lowest BCUT2D eigenvalue weighted by molar-refractivity contribution is -0.117. The Hall–Kier alpha value is -1.34. The molecule has 1 aromatic carbocycles. The summed E-state index contributed by atoms with van der Waals surface area (Å²) in [6, 6.07) is 7.28. The maximum Gasteiger partial charge on any atom is 0.225 e. The quantitative estimate of drug-likeness (QED) is 0.605. The van der Waals surface area contributed by atoms with Crippen LogP contribution in [0.2, 0.25) is 0 Å². The molecule has 0 bridgehead atoms. The van der Waals surface area contributed by atoms with Crippen molar-refractivity contribution in [3.05, 3.63) is 24.3 Å². The fourth-order valence-electron chi connectivity index (χ4n) is 2.91. The van der Waals surface area contributed by atoms with Gasteiger partial charge in [-0.15, -0.1) is 24.8 Å². The summed E-state index contributed by atoms with van der Waals surface area (Å²) in [6.07, 6.45) is 4.30. The van der Waals surface area contributed by atoms with Gasteiger partial charge in [0, 0.05) is 30.8 Å². The highest BCUT2D eigenvalue weighted by Gasteiger charge is 2.14. The van der Waals surface area contributed by atoms with E-state index in [1.807, 2.05) is 43.3 Å². The molecule has 6 nitrogen and oxygen atoms in total. The van der Waals surface area contributed by atoms with Crippen molar-refractivity contribution in [2.75, 3.05) is 44.4 Å². The summed E-state index contributed by atoms with van der Waals surface area (Å²) in [5.74, 6) is 0.709. The molecule has 0 atom stereocenters. The largest absolute Gasteiger partial charge is 0.326 e. The molecule has 2 rings (SSSR count). The van der Waals surface area contributed by atoms with Gasteiger partial charge in [-0.2, -0.15) is 0 Å². The predicted molar refractivity (Wildman–Crippen MR) is 116 cm³/mol. The first-order chi connectivity index (χ1) is 12.0. The predicted octanol–water partition coefficient (Wildman–Crippen LogP) is 3.14. The van der Waals surface area contributed by atoms with E-state index in [-0.39, 0.29) is 36.6 Å². The van der Waals surface area contributed by atoms with E-state index < -0.39 is 0 Å². The molecule has 1 aliphatic heterocycles. The van der Waals surface area contributed by atoms with Gasteiger partial charge in [-0.05, 0) is 76.6 Å². The van der Waals surface area contributed by atoms with Crippen LogP contribution in [0.4, 0.5) is 11.4 Å². The minimum absolute atomic E-state index is 0. The molecule has 154 valence electrons. The van der Waals surface area contributed by atoms with E-state index >= 15 is 0 Å². The van der Waals surface area contributed by atoms with Crippen LogP contribution in [0.15, 0.2) is 24.3 Å². The van der Waals surface area contributed by atoms with Gasteiger partial charge in [0.1, 0.15) is 0 Å². The van der Waals surface area contributed by atoms with Gasteiger partial charge in [0.15, 0.2) is 0 Å². The Morgan fingerprint density at radius 3 is 1.93 bits per heavy atom. The molecule has 1 aromatic rings. The summed E-state index contributed by atoms with van der Waals surface area (Å²) in [5, 5.41) is 9.13. The molecular weight excluding hydrogens is 387 g/mol. The summed E-state index contributed by atoms with van der Waals surface area (Å²) in [5.41, 5.74) is 1.51. The van der Waals surface area contributed by atoms with E-state index in [0.29, 0.717) is 18.8 Å². The smallest absolute Gasteiger partial charge is 0.225 e. The Balaban J connectivity index is 0.00000338. The molecule has 1 heterocycles. The number of hydrogen-bond donors (Lipinski definition) is 3. The highest BCUT2D eigenvalue weighted by atomic mass is 35.5. The van der Waals surface area contributed by atoms with Crippen LogP contribution in [0.5, 0.6) is 0 Å². The summed E-state index contributed by atoms with van der Waals surface area (Å²) < 4.78 is 0. The van der Waals surface area contributed by atoms with Gasteiger partial charge < -0.3 is 20.9 Å². The average molecular weight is 419 g/mol. The number of amides is 2. The van der Waals surface area contributed by atoms with E-state index in [2.05, 4.69) is 16.0 Å². The van der Waals surface area contributed by atoms with Gasteiger partial charge >= 0.3 is 0 Å². The first-order valence-corrected chi connectivity index (χ1v) is 9.08. The lowest BCUT2D eigenvalue weighted by Gasteiger charge is -2.22. The van der Waals surface area contributed by atoms with E-state index in [4.69, 9.17) is 0 Å². The van der Waals surface area contributed by atoms with Gasteiger partial charge in [0.25, 0.3) is 0 Å². The molecule has 1 aliphatic rings. The molecule has 0 spiro atoms. The maximum absolute atomic E-state index is 12.1. The molecule has 3 N–H and O–H groups in total. The first kappa shape index (κ1) is 25.7. The number of nitrogens with zero attached hydrogens (tertiary/aromatic N) is 1. The second-order valence-corrected chi connectivity index (χ2v) is 6.96. The number of hydrogen-bond acceptors (Lipinski definition) is 4. The fourth-order valence-corrected chi connectivity index (χ4v) is 2.91. The summed E-state index contributed by atoms with van der Waals surface area (Å²) in [7, 11) is 3.88. The highest BCUT2D eigenvalue weighted by molar-refractivity contribution is 5.93. The number of anilines is 2. The van der Waals surface area contributed by atoms with Crippen molar-refractivity contribution in [1.29, 1.82) is 0 Å². The zero-order valence-electron chi connectivity index (χ0n) is 16.1. The number of halogens is 2. The highest BCUT2D eigenvalue weighted by Crippen LogP contribution is 2.19. The molecule has 8 heteroatoms. The van der Waals surface area contributed by atoms with Crippen molar-refractivity contribution in [2.45, 2.75) is 32.1 Å². The van der Waals surface area contributed by atoms with Crippen molar-refractivity contribution >= 4 is 48.0 Å². The number of nitrogens with one attached hydrogen (secondary N) is 3. The zero-order valence-corrected chi connectivity index (χ0v) is 17.8. The Morgan fingerprint density at radius 1 is 0.963 bits per heavy atom. The normalized spacial score (nSPS) is 14.0. The third kappa shape index (κ3) is 10.5. The number of carbonyl (C=O) groups is 2. The maximum atomic E-state index is 12.1. The Kier molecular flexibility index (Phi) is 13.1. The lowest BCUT2D eigenvalue weighted by atomic mass is 9.93. The van der Waals surface area contributed by atoms with Crippen molar-refractivity contribution in [3.8, 4) is 0 Å². The van der Waals surface area contributed by atoms with Gasteiger partial charge in [0.2, 0.25) is 11.8 Å². The third-order valence-electron chi connectivity index (χ3n) is 4.48. The minimum atomic E-state index is -0.00698. The Bertz CT molecular complexity index is 561. The van der Waals surface area contributed by atoms with Gasteiger partial charge in [-0.1, -0.05) is 0 Å². The zero-order chi connectivity index (χ0) is 18.1. The number of piperidine rings is 1. The van der Waals surface area contributed by atoms with Crippen LogP contribution in [-0.2, 0) is 9.59 Å². The van der Waals surface area contributed by atoms with Crippen LogP contribution in [0.3, 0.4) is 0 Å². The molecular formula is C19H32Cl2N4O2. The van der Waals surface area contributed by atoms with Gasteiger partial charge in [0.05, 0.1) is 0 Å². The van der Waals surface area contributed by atoms with Crippen molar-refractivity contribution in [2.24, 2.45) is 5.92 Å². The summed E-state index contributed by atoms with van der Waals surface area (Å²) in [4.78, 5) is 25.8. The Morgan fingerprint density at radius 2 is 1.44 bits per heavy atom. The standard InChI is InChI=1S/C19H30N4O2.2ClH/c1-23(2)14-11-19(25)22-17-6-4-16(5-7-17)21-18(24)8-3-15-9-12-20-13-10-15;;/h4-7,15,20H,3,8-14H2,1-2H3,(H,21,24)(H,22,25);2*1H. The van der Waals surface area contributed by atoms with Crippen LogP contribution in [0, 0.1) is 5.92 Å². The topological polar surface area (TPSA) is 73.5 Å². The summed E-state index contributed by atoms with van der Waals surface area (Å²) in [6.45, 7) is 2.85. The fraction of sp³-hybridized carbons (Fsp3) is 0.579. The second kappa shape index (κ2) is 13.8. The molecule has 0 radical (unpaired) electrons. The first-order valence-electron chi connectivity index (χ1n) is 9.08. The average Bonchev–Trinajstić information content (AvgIpc) is 2.61. The lowest BCUT2D eigenvalue weighted by Crippen LogP contribution is -2.28. The van der Waals surface area contributed by atoms with Crippen LogP contribution in [-0.4, -0.2) is 50.4 Å². The van der Waals surface area contributed by atoms with Gasteiger partial charge in [-0.3, -0.25) is 9.59 Å². The van der Waals surface area contributed by atoms with Crippen LogP contribution >= 0.6 is 24.8 Å². The second-order valence-electron chi connectivity index (χ2n) is 6.96. The SMILES string of the molecule is CN(C)CCC(=O)Nc1ccc(NC(=O)CCC2CCNCC2)cc1.Cl.Cl. The van der Waals surface area contributed by atoms with Crippen LogP contribution in [0.25, 0.3) is 0 Å². The van der Waals surface area contributed by atoms with Crippen molar-refractivity contribution in [1.82, 2.24) is 10.2 Å². The molecule has 0 saturated carbocycles. The van der Waals surface area contributed by atoms with Gasteiger partial charge in [-0.25, -0.2) is 0 Å². The Labute approximate surface area is 174 Å². The number of benzene rings is 1. The molecule has 0 aliphatic carbocycles. The number of rotatable bonds is 8. The molecule has 1 saturated heterocycles. The minimum Gasteiger partial charge on any atom is -0.326 e.